The fourth-order valence-electron chi connectivity index (χ4n) is 2.81. The summed E-state index contributed by atoms with van der Waals surface area (Å²) in [5, 5.41) is 11.3. The second-order valence-corrected chi connectivity index (χ2v) is 6.02. The van der Waals surface area contributed by atoms with Crippen molar-refractivity contribution in [2.24, 2.45) is 0 Å². The number of nitrogens with zero attached hydrogens (tertiary/aromatic N) is 1. The highest BCUT2D eigenvalue weighted by molar-refractivity contribution is 5.51. The van der Waals surface area contributed by atoms with Gasteiger partial charge in [0.15, 0.2) is 0 Å². The predicted octanol–water partition coefficient (Wildman–Crippen LogP) is 5.85. The van der Waals surface area contributed by atoms with Crippen LogP contribution < -0.4 is 4.74 Å². The third kappa shape index (κ3) is 3.89. The number of nitro groups is 1. The summed E-state index contributed by atoms with van der Waals surface area (Å²) in [5.41, 5.74) is 1.07. The molecular weight excluding hydrogens is 290 g/mol. The molecule has 0 aliphatic rings. The zero-order chi connectivity index (χ0) is 16.9. The number of nitro benzene ring substituents is 1. The molecule has 0 saturated heterocycles. The van der Waals surface area contributed by atoms with Crippen LogP contribution in [-0.4, -0.2) is 4.92 Å². The highest BCUT2D eigenvalue weighted by atomic mass is 16.6. The van der Waals surface area contributed by atoms with Gasteiger partial charge in [-0.1, -0.05) is 51.5 Å². The fraction of sp³-hybridized carbons (Fsp3) is 0.368. The van der Waals surface area contributed by atoms with Gasteiger partial charge in [0.2, 0.25) is 5.75 Å². The number of hydrogen-bond donors (Lipinski definition) is 0. The molecule has 0 aliphatic carbocycles. The number of benzene rings is 2. The van der Waals surface area contributed by atoms with Crippen LogP contribution in [0.4, 0.5) is 5.69 Å². The van der Waals surface area contributed by atoms with Gasteiger partial charge in [0.25, 0.3) is 0 Å². The van der Waals surface area contributed by atoms with Gasteiger partial charge in [-0.2, -0.15) is 0 Å². The predicted molar refractivity (Wildman–Crippen MR) is 92.2 cm³/mol. The van der Waals surface area contributed by atoms with Crippen LogP contribution in [0.2, 0.25) is 0 Å². The van der Waals surface area contributed by atoms with E-state index >= 15 is 0 Å². The van der Waals surface area contributed by atoms with Crippen LogP contribution in [-0.2, 0) is 5.41 Å². The third-order valence-corrected chi connectivity index (χ3v) is 4.41. The van der Waals surface area contributed by atoms with E-state index in [1.165, 1.54) is 0 Å². The van der Waals surface area contributed by atoms with Gasteiger partial charge in [-0.05, 0) is 42.0 Å². The molecule has 4 nitrogen and oxygen atoms in total. The van der Waals surface area contributed by atoms with Crippen LogP contribution >= 0.6 is 0 Å². The average Bonchev–Trinajstić information content (AvgIpc) is 2.55. The van der Waals surface area contributed by atoms with Gasteiger partial charge in [-0.25, -0.2) is 0 Å². The van der Waals surface area contributed by atoms with E-state index in [1.807, 2.05) is 30.3 Å². The minimum Gasteiger partial charge on any atom is -0.450 e. The monoisotopic (exact) mass is 313 g/mol. The van der Waals surface area contributed by atoms with Crippen molar-refractivity contribution in [1.82, 2.24) is 0 Å². The zero-order valence-corrected chi connectivity index (χ0v) is 13.9. The van der Waals surface area contributed by atoms with Gasteiger partial charge < -0.3 is 4.74 Å². The van der Waals surface area contributed by atoms with Gasteiger partial charge >= 0.3 is 5.69 Å². The molecule has 0 N–H and O–H groups in total. The molecule has 122 valence electrons. The van der Waals surface area contributed by atoms with Gasteiger partial charge in [0.05, 0.1) is 4.92 Å². The molecule has 0 aromatic heterocycles. The molecule has 0 spiro atoms. The molecule has 1 unspecified atom stereocenters. The second-order valence-electron chi connectivity index (χ2n) is 6.02. The molecule has 0 saturated carbocycles. The van der Waals surface area contributed by atoms with E-state index in [-0.39, 0.29) is 11.1 Å². The van der Waals surface area contributed by atoms with Gasteiger partial charge in [-0.15, -0.1) is 0 Å². The van der Waals surface area contributed by atoms with Crippen molar-refractivity contribution in [3.8, 4) is 11.5 Å². The fourth-order valence-corrected chi connectivity index (χ4v) is 2.81. The maximum Gasteiger partial charge on any atom is 0.311 e. The summed E-state index contributed by atoms with van der Waals surface area (Å²) < 4.78 is 5.79. The Morgan fingerprint density at radius 1 is 1.13 bits per heavy atom. The SMILES string of the molecule is CCCC(C)(CC)c1ccc([N+](=O)[O-])c(Oc2ccccc2)c1. The number of ether oxygens (including phenoxy) is 1. The zero-order valence-electron chi connectivity index (χ0n) is 13.9. The third-order valence-electron chi connectivity index (χ3n) is 4.41. The first-order valence-electron chi connectivity index (χ1n) is 8.02. The molecule has 0 amide bonds. The first kappa shape index (κ1) is 17.0. The lowest BCUT2D eigenvalue weighted by atomic mass is 9.76. The van der Waals surface area contributed by atoms with Crippen molar-refractivity contribution in [3.63, 3.8) is 0 Å². The van der Waals surface area contributed by atoms with Crippen molar-refractivity contribution >= 4 is 5.69 Å². The van der Waals surface area contributed by atoms with Crippen LogP contribution in [0.1, 0.15) is 45.6 Å². The highest BCUT2D eigenvalue weighted by Gasteiger charge is 2.27. The molecule has 0 radical (unpaired) electrons. The van der Waals surface area contributed by atoms with E-state index in [9.17, 15) is 10.1 Å². The lowest BCUT2D eigenvalue weighted by molar-refractivity contribution is -0.385. The lowest BCUT2D eigenvalue weighted by Gasteiger charge is -2.28. The molecule has 4 heteroatoms. The highest BCUT2D eigenvalue weighted by Crippen LogP contribution is 2.39. The van der Waals surface area contributed by atoms with Crippen LogP contribution in [0.5, 0.6) is 11.5 Å². The number of hydrogen-bond acceptors (Lipinski definition) is 3. The van der Waals surface area contributed by atoms with Crippen molar-refractivity contribution in [2.75, 3.05) is 0 Å². The molecular formula is C19H23NO3. The van der Waals surface area contributed by atoms with Crippen molar-refractivity contribution < 1.29 is 9.66 Å². The lowest BCUT2D eigenvalue weighted by Crippen LogP contribution is -2.20. The van der Waals surface area contributed by atoms with Crippen LogP contribution in [0, 0.1) is 10.1 Å². The Labute approximate surface area is 137 Å². The maximum atomic E-state index is 11.3. The minimum absolute atomic E-state index is 0.00131. The Hall–Kier alpha value is -2.36. The molecule has 2 aromatic rings. The van der Waals surface area contributed by atoms with E-state index in [0.29, 0.717) is 11.5 Å². The average molecular weight is 313 g/mol. The number of para-hydroxylation sites is 1. The minimum atomic E-state index is -0.398. The largest absolute Gasteiger partial charge is 0.450 e. The quantitative estimate of drug-likeness (QED) is 0.475. The molecule has 0 aliphatic heterocycles. The Kier molecular flexibility index (Phi) is 5.37. The molecule has 23 heavy (non-hydrogen) atoms. The Bertz CT molecular complexity index is 670. The first-order valence-corrected chi connectivity index (χ1v) is 8.02. The van der Waals surface area contributed by atoms with E-state index in [4.69, 9.17) is 4.74 Å². The van der Waals surface area contributed by atoms with Crippen molar-refractivity contribution in [1.29, 1.82) is 0 Å². The topological polar surface area (TPSA) is 52.4 Å². The van der Waals surface area contributed by atoms with E-state index in [2.05, 4.69) is 20.8 Å². The summed E-state index contributed by atoms with van der Waals surface area (Å²) in [7, 11) is 0. The summed E-state index contributed by atoms with van der Waals surface area (Å²) in [5.74, 6) is 0.899. The van der Waals surface area contributed by atoms with Gasteiger partial charge in [-0.3, -0.25) is 10.1 Å². The molecule has 2 aromatic carbocycles. The van der Waals surface area contributed by atoms with Crippen molar-refractivity contribution in [2.45, 2.75) is 45.4 Å². The molecule has 0 heterocycles. The van der Waals surface area contributed by atoms with Gasteiger partial charge in [0.1, 0.15) is 5.75 Å². The second kappa shape index (κ2) is 7.27. The first-order chi connectivity index (χ1) is 11.0. The van der Waals surface area contributed by atoms with Gasteiger partial charge in [0, 0.05) is 6.07 Å². The summed E-state index contributed by atoms with van der Waals surface area (Å²) in [4.78, 5) is 10.9. The summed E-state index contributed by atoms with van der Waals surface area (Å²) >= 11 is 0. The maximum absolute atomic E-state index is 11.3. The molecule has 0 bridgehead atoms. The summed E-state index contributed by atoms with van der Waals surface area (Å²) in [6.45, 7) is 6.50. The van der Waals surface area contributed by atoms with E-state index < -0.39 is 4.92 Å². The summed E-state index contributed by atoms with van der Waals surface area (Å²) in [6, 6.07) is 14.4. The van der Waals surface area contributed by atoms with Crippen LogP contribution in [0.25, 0.3) is 0 Å². The molecule has 1 atom stereocenters. The Balaban J connectivity index is 2.45. The van der Waals surface area contributed by atoms with E-state index in [0.717, 1.165) is 24.8 Å². The normalized spacial score (nSPS) is 13.3. The number of rotatable bonds is 7. The standard InChI is InChI=1S/C19H23NO3/c1-4-13-19(3,5-2)15-11-12-17(20(21)22)18(14-15)23-16-9-7-6-8-10-16/h6-12,14H,4-5,13H2,1-3H3. The summed E-state index contributed by atoms with van der Waals surface area (Å²) in [6.07, 6.45) is 3.08. The Morgan fingerprint density at radius 2 is 1.83 bits per heavy atom. The van der Waals surface area contributed by atoms with Crippen molar-refractivity contribution in [3.05, 3.63) is 64.2 Å². The molecule has 2 rings (SSSR count). The molecule has 0 fully saturated rings. The van der Waals surface area contributed by atoms with E-state index in [1.54, 1.807) is 18.2 Å². The smallest absolute Gasteiger partial charge is 0.311 e. The Morgan fingerprint density at radius 3 is 2.39 bits per heavy atom. The van der Waals surface area contributed by atoms with Crippen LogP contribution in [0.15, 0.2) is 48.5 Å². The van der Waals surface area contributed by atoms with Crippen LogP contribution in [0.3, 0.4) is 0 Å².